The highest BCUT2D eigenvalue weighted by Crippen LogP contribution is 2.33. The van der Waals surface area contributed by atoms with Gasteiger partial charge in [-0.2, -0.15) is 0 Å². The molecule has 0 unspecified atom stereocenters. The van der Waals surface area contributed by atoms with Gasteiger partial charge < -0.3 is 19.4 Å². The third-order valence-corrected chi connectivity index (χ3v) is 5.90. The van der Waals surface area contributed by atoms with Gasteiger partial charge in [0.1, 0.15) is 5.82 Å². The third kappa shape index (κ3) is 2.32. The molecule has 0 aliphatic carbocycles. The van der Waals surface area contributed by atoms with Crippen molar-refractivity contribution in [3.63, 3.8) is 0 Å². The molecule has 0 saturated heterocycles. The van der Waals surface area contributed by atoms with Crippen molar-refractivity contribution in [3.05, 3.63) is 53.2 Å². The second kappa shape index (κ2) is 5.77. The molecule has 1 aromatic carbocycles. The lowest BCUT2D eigenvalue weighted by molar-refractivity contribution is 0.179. The number of hydrogen-bond acceptors (Lipinski definition) is 2. The van der Waals surface area contributed by atoms with Gasteiger partial charge in [-0.25, -0.2) is 9.78 Å². The minimum atomic E-state index is -0.0266. The number of hydrogen-bond donors (Lipinski definition) is 1. The maximum atomic E-state index is 12.8. The van der Waals surface area contributed by atoms with Crippen LogP contribution in [0.15, 0.2) is 36.7 Å². The molecule has 3 aromatic rings. The van der Waals surface area contributed by atoms with E-state index in [0.29, 0.717) is 19.1 Å². The van der Waals surface area contributed by atoms with E-state index >= 15 is 0 Å². The number of carbonyl (C=O) groups is 1. The molecule has 2 atom stereocenters. The van der Waals surface area contributed by atoms with Gasteiger partial charge in [0.15, 0.2) is 0 Å². The molecule has 2 aliphatic rings. The first-order valence-electron chi connectivity index (χ1n) is 8.96. The average molecular weight is 370 g/mol. The van der Waals surface area contributed by atoms with Crippen LogP contribution in [0.4, 0.5) is 4.79 Å². The van der Waals surface area contributed by atoms with Crippen LogP contribution >= 0.6 is 11.6 Å². The number of benzene rings is 1. The van der Waals surface area contributed by atoms with Gasteiger partial charge in [0.25, 0.3) is 0 Å². The lowest BCUT2D eigenvalue weighted by Crippen LogP contribution is -2.45. The molecule has 0 spiro atoms. The van der Waals surface area contributed by atoms with Crippen molar-refractivity contribution in [2.45, 2.75) is 38.5 Å². The molecule has 5 rings (SSSR count). The Labute approximate surface area is 156 Å². The first kappa shape index (κ1) is 15.8. The zero-order valence-electron chi connectivity index (χ0n) is 14.5. The highest BCUT2D eigenvalue weighted by Gasteiger charge is 2.32. The fourth-order valence-electron chi connectivity index (χ4n) is 4.26. The van der Waals surface area contributed by atoms with Crippen LogP contribution in [0.2, 0.25) is 5.02 Å². The Balaban J connectivity index is 1.36. The van der Waals surface area contributed by atoms with Gasteiger partial charge in [0.05, 0.1) is 12.6 Å². The second-order valence-corrected chi connectivity index (χ2v) is 7.57. The first-order chi connectivity index (χ1) is 12.6. The Bertz CT molecular complexity index is 1010. The molecule has 1 N–H and O–H groups in total. The number of urea groups is 1. The quantitative estimate of drug-likeness (QED) is 0.710. The molecule has 0 fully saturated rings. The molecular weight excluding hydrogens is 350 g/mol. The molecule has 2 aliphatic heterocycles. The third-order valence-electron chi connectivity index (χ3n) is 5.57. The summed E-state index contributed by atoms with van der Waals surface area (Å²) in [6, 6.07) is 8.38. The van der Waals surface area contributed by atoms with Crippen molar-refractivity contribution in [3.8, 4) is 0 Å². The summed E-state index contributed by atoms with van der Waals surface area (Å²) < 4.78 is 4.40. The summed E-state index contributed by atoms with van der Waals surface area (Å²) in [5, 5.41) is 4.98. The Morgan fingerprint density at radius 1 is 1.35 bits per heavy atom. The van der Waals surface area contributed by atoms with Gasteiger partial charge in [-0.15, -0.1) is 0 Å². The number of amides is 2. The van der Waals surface area contributed by atoms with Crippen LogP contribution in [0, 0.1) is 0 Å². The maximum Gasteiger partial charge on any atom is 0.318 e. The van der Waals surface area contributed by atoms with Gasteiger partial charge >= 0.3 is 6.03 Å². The molecule has 0 bridgehead atoms. The van der Waals surface area contributed by atoms with Crippen LogP contribution in [0.3, 0.4) is 0 Å². The molecule has 0 radical (unpaired) electrons. The van der Waals surface area contributed by atoms with Crippen LogP contribution in [-0.4, -0.2) is 31.6 Å². The summed E-state index contributed by atoms with van der Waals surface area (Å²) in [5.74, 6) is 0.948. The van der Waals surface area contributed by atoms with E-state index < -0.39 is 0 Å². The maximum absolute atomic E-state index is 12.8. The van der Waals surface area contributed by atoms with Crippen LogP contribution in [0.1, 0.15) is 36.9 Å². The topological polar surface area (TPSA) is 55.1 Å². The van der Waals surface area contributed by atoms with E-state index in [-0.39, 0.29) is 12.1 Å². The Kier molecular flexibility index (Phi) is 3.50. The van der Waals surface area contributed by atoms with Gasteiger partial charge in [-0.05, 0) is 31.5 Å². The molecule has 6 nitrogen and oxygen atoms in total. The smallest absolute Gasteiger partial charge is 0.318 e. The number of imidazole rings is 1. The number of fused-ring (bicyclic) bond motifs is 4. The number of halogens is 1. The number of rotatable bonds is 1. The molecule has 0 saturated carbocycles. The number of aromatic nitrogens is 3. The highest BCUT2D eigenvalue weighted by atomic mass is 35.5. The standard InChI is InChI=1S/C19H20ClN5O/c1-12-9-16(18-21-5-6-24(12)18)22-19(26)23-7-8-25-13(11-23)10-14-15(20)3-2-4-17(14)25/h2-6,10,12,16H,7-9,11H2,1H3,(H,22,26)/t12-,16+/m1/s1. The Morgan fingerprint density at radius 2 is 2.23 bits per heavy atom. The monoisotopic (exact) mass is 369 g/mol. The van der Waals surface area contributed by atoms with E-state index in [1.54, 1.807) is 6.20 Å². The van der Waals surface area contributed by atoms with Crippen molar-refractivity contribution >= 4 is 28.5 Å². The summed E-state index contributed by atoms with van der Waals surface area (Å²) in [6.45, 7) is 4.21. The van der Waals surface area contributed by atoms with E-state index in [4.69, 9.17) is 11.6 Å². The molecule has 2 aromatic heterocycles. The Hall–Kier alpha value is -2.47. The van der Waals surface area contributed by atoms with Gasteiger partial charge in [0.2, 0.25) is 0 Å². The van der Waals surface area contributed by atoms with Crippen LogP contribution in [0.25, 0.3) is 10.9 Å². The lowest BCUT2D eigenvalue weighted by Gasteiger charge is -2.30. The van der Waals surface area contributed by atoms with Crippen LogP contribution in [0.5, 0.6) is 0 Å². The van der Waals surface area contributed by atoms with Gasteiger partial charge in [-0.3, -0.25) is 0 Å². The fourth-order valence-corrected chi connectivity index (χ4v) is 4.48. The SMILES string of the molecule is C[C@@H]1C[C@H](NC(=O)N2CCn3c(cc4c(Cl)cccc43)C2)c2nccn21. The van der Waals surface area contributed by atoms with Crippen molar-refractivity contribution in [2.75, 3.05) is 6.54 Å². The molecule has 26 heavy (non-hydrogen) atoms. The Morgan fingerprint density at radius 3 is 3.12 bits per heavy atom. The predicted molar refractivity (Wildman–Crippen MR) is 100 cm³/mol. The molecule has 134 valence electrons. The first-order valence-corrected chi connectivity index (χ1v) is 9.34. The summed E-state index contributed by atoms with van der Waals surface area (Å²) in [4.78, 5) is 19.1. The number of nitrogens with zero attached hydrogens (tertiary/aromatic N) is 4. The molecule has 7 heteroatoms. The van der Waals surface area contributed by atoms with E-state index in [1.165, 1.54) is 0 Å². The predicted octanol–water partition coefficient (Wildman–Crippen LogP) is 3.72. The largest absolute Gasteiger partial charge is 0.341 e. The van der Waals surface area contributed by atoms with Crippen LogP contribution in [-0.2, 0) is 13.1 Å². The van der Waals surface area contributed by atoms with Crippen LogP contribution < -0.4 is 5.32 Å². The zero-order chi connectivity index (χ0) is 17.8. The summed E-state index contributed by atoms with van der Waals surface area (Å²) >= 11 is 6.32. The minimum Gasteiger partial charge on any atom is -0.341 e. The molecular formula is C19H20ClN5O. The van der Waals surface area contributed by atoms with Gasteiger partial charge in [0, 0.05) is 53.1 Å². The number of nitrogens with one attached hydrogen (secondary N) is 1. The minimum absolute atomic E-state index is 0.0188. The summed E-state index contributed by atoms with van der Waals surface area (Å²) in [7, 11) is 0. The van der Waals surface area contributed by atoms with E-state index in [2.05, 4.69) is 38.5 Å². The zero-order valence-corrected chi connectivity index (χ0v) is 15.3. The fraction of sp³-hybridized carbons (Fsp3) is 0.368. The van der Waals surface area contributed by atoms with Crippen molar-refractivity contribution in [1.29, 1.82) is 0 Å². The molecule has 2 amide bonds. The lowest BCUT2D eigenvalue weighted by atomic mass is 10.2. The van der Waals surface area contributed by atoms with E-state index in [1.807, 2.05) is 23.2 Å². The van der Waals surface area contributed by atoms with E-state index in [0.717, 1.165) is 40.4 Å². The van der Waals surface area contributed by atoms with Gasteiger partial charge in [-0.1, -0.05) is 17.7 Å². The number of carbonyl (C=O) groups excluding carboxylic acids is 1. The molecule has 4 heterocycles. The van der Waals surface area contributed by atoms with Crippen molar-refractivity contribution in [2.24, 2.45) is 0 Å². The van der Waals surface area contributed by atoms with Crippen molar-refractivity contribution < 1.29 is 4.79 Å². The second-order valence-electron chi connectivity index (χ2n) is 7.16. The summed E-state index contributed by atoms with van der Waals surface area (Å²) in [5.41, 5.74) is 2.26. The highest BCUT2D eigenvalue weighted by molar-refractivity contribution is 6.35. The van der Waals surface area contributed by atoms with Crippen molar-refractivity contribution in [1.82, 2.24) is 24.3 Å². The van der Waals surface area contributed by atoms with E-state index in [9.17, 15) is 4.79 Å². The average Bonchev–Trinajstić information content (AvgIpc) is 3.31. The normalized spacial score (nSPS) is 21.7. The summed E-state index contributed by atoms with van der Waals surface area (Å²) in [6.07, 6.45) is 4.67.